The molecule has 1 amide bonds. The number of hydrogen-bond acceptors (Lipinski definition) is 7. The number of nitrogens with one attached hydrogen (secondary N) is 2. The number of alkyl halides is 3. The fraction of sp³-hybridized carbons (Fsp3) is 0.261. The van der Waals surface area contributed by atoms with Crippen molar-refractivity contribution in [2.75, 3.05) is 31.3 Å². The molecule has 0 fully saturated rings. The van der Waals surface area contributed by atoms with Crippen molar-refractivity contribution < 1.29 is 27.1 Å². The van der Waals surface area contributed by atoms with Crippen molar-refractivity contribution >= 4 is 37.1 Å². The van der Waals surface area contributed by atoms with Crippen molar-refractivity contribution in [2.45, 2.75) is 19.3 Å². The molecular weight excluding hydrogens is 482 g/mol. The Kier molecular flexibility index (Phi) is 8.37. The molecule has 0 aliphatic rings. The molecule has 12 heteroatoms. The Balaban J connectivity index is 1.88. The van der Waals surface area contributed by atoms with Gasteiger partial charge in [-0.1, -0.05) is 24.3 Å². The van der Waals surface area contributed by atoms with Crippen LogP contribution >= 0.6 is 8.03 Å². The van der Waals surface area contributed by atoms with Crippen LogP contribution in [0.2, 0.25) is 0 Å². The molecule has 0 aliphatic heterocycles. The zero-order valence-corrected chi connectivity index (χ0v) is 20.2. The molecule has 3 rings (SSSR count). The molecular formula is C23H24F3N5O3P+. The molecule has 1 aromatic heterocycles. The predicted octanol–water partition coefficient (Wildman–Crippen LogP) is 5.96. The van der Waals surface area contributed by atoms with E-state index in [1.165, 1.54) is 17.0 Å². The molecule has 3 aromatic rings. The molecule has 2 aromatic carbocycles. The van der Waals surface area contributed by atoms with Crippen molar-refractivity contribution in [1.82, 2.24) is 14.9 Å². The second-order valence-electron chi connectivity index (χ2n) is 7.55. The lowest BCUT2D eigenvalue weighted by Crippen LogP contribution is -2.23. The minimum atomic E-state index is -4.72. The van der Waals surface area contributed by atoms with E-state index in [9.17, 15) is 22.5 Å². The highest BCUT2D eigenvalue weighted by Crippen LogP contribution is 2.36. The highest BCUT2D eigenvalue weighted by atomic mass is 31.1. The molecule has 0 bridgehead atoms. The number of benzene rings is 2. The van der Waals surface area contributed by atoms with Crippen LogP contribution in [0.15, 0.2) is 54.7 Å². The van der Waals surface area contributed by atoms with Crippen molar-refractivity contribution in [1.29, 1.82) is 0 Å². The summed E-state index contributed by atoms with van der Waals surface area (Å²) in [5.74, 6) is -0.954. The number of carbonyl (C=O) groups is 1. The number of amides is 1. The van der Waals surface area contributed by atoms with Gasteiger partial charge in [0.05, 0.1) is 17.9 Å². The average molecular weight is 506 g/mol. The van der Waals surface area contributed by atoms with Crippen LogP contribution in [0.3, 0.4) is 0 Å². The van der Waals surface area contributed by atoms with Crippen LogP contribution in [0.1, 0.15) is 28.4 Å². The van der Waals surface area contributed by atoms with Gasteiger partial charge in [0, 0.05) is 31.5 Å². The van der Waals surface area contributed by atoms with Gasteiger partial charge in [0.15, 0.2) is 0 Å². The van der Waals surface area contributed by atoms with Gasteiger partial charge in [0.25, 0.3) is 5.91 Å². The number of nitrogens with zero attached hydrogens (tertiary/aromatic N) is 3. The summed E-state index contributed by atoms with van der Waals surface area (Å²) in [7, 11) is 1.29. The van der Waals surface area contributed by atoms with E-state index in [2.05, 4.69) is 20.6 Å². The lowest BCUT2D eigenvalue weighted by atomic mass is 10.1. The van der Waals surface area contributed by atoms with E-state index < -0.39 is 25.6 Å². The standard InChI is InChI=1S/C23H23F3N5O3P/c1-4-34-35(33)14-15-9-11-16(12-10-15)28-22-27-13-18(23(24,25)26)20(30-22)29-19-8-6-5-7-17(19)21(32)31(2)3/h5-13H,4,14H2,1-3H3,(H-,27,28,29,30,32)/p+1. The Bertz CT molecular complexity index is 1200. The smallest absolute Gasteiger partial charge is 0.345 e. The average Bonchev–Trinajstić information content (AvgIpc) is 2.80. The first-order valence-electron chi connectivity index (χ1n) is 10.5. The molecule has 0 saturated carbocycles. The molecule has 8 nitrogen and oxygen atoms in total. The lowest BCUT2D eigenvalue weighted by Gasteiger charge is -2.18. The summed E-state index contributed by atoms with van der Waals surface area (Å²) in [5, 5.41) is 5.51. The minimum Gasteiger partial charge on any atom is -0.345 e. The van der Waals surface area contributed by atoms with Gasteiger partial charge in [-0.25, -0.2) is 4.98 Å². The van der Waals surface area contributed by atoms with Gasteiger partial charge in [-0.15, -0.1) is 4.52 Å². The third-order valence-corrected chi connectivity index (χ3v) is 5.88. The summed E-state index contributed by atoms with van der Waals surface area (Å²) < 4.78 is 57.8. The van der Waals surface area contributed by atoms with Gasteiger partial charge in [-0.3, -0.25) is 4.79 Å². The van der Waals surface area contributed by atoms with Crippen LogP contribution in [0, 0.1) is 0 Å². The summed E-state index contributed by atoms with van der Waals surface area (Å²) >= 11 is 0. The quantitative estimate of drug-likeness (QED) is 0.346. The van der Waals surface area contributed by atoms with E-state index >= 15 is 0 Å². The first-order valence-corrected chi connectivity index (χ1v) is 11.9. The Morgan fingerprint density at radius 2 is 1.77 bits per heavy atom. The van der Waals surface area contributed by atoms with Crippen molar-refractivity contribution in [3.8, 4) is 0 Å². The van der Waals surface area contributed by atoms with E-state index in [-0.39, 0.29) is 29.3 Å². The van der Waals surface area contributed by atoms with Crippen LogP contribution in [-0.4, -0.2) is 41.5 Å². The van der Waals surface area contributed by atoms with E-state index in [0.717, 1.165) is 5.56 Å². The van der Waals surface area contributed by atoms with Crippen LogP contribution < -0.4 is 10.6 Å². The number of aromatic nitrogens is 2. The summed E-state index contributed by atoms with van der Waals surface area (Å²) in [4.78, 5) is 21.6. The van der Waals surface area contributed by atoms with Crippen molar-refractivity contribution in [3.05, 3.63) is 71.4 Å². The van der Waals surface area contributed by atoms with E-state index in [1.54, 1.807) is 57.4 Å². The number of carbonyl (C=O) groups excluding carboxylic acids is 1. The monoisotopic (exact) mass is 506 g/mol. The van der Waals surface area contributed by atoms with Gasteiger partial charge in [-0.05, 0) is 35.8 Å². The third-order valence-electron chi connectivity index (χ3n) is 4.71. The van der Waals surface area contributed by atoms with Crippen LogP contribution in [0.25, 0.3) is 0 Å². The van der Waals surface area contributed by atoms with Crippen LogP contribution in [0.4, 0.5) is 36.3 Å². The highest BCUT2D eigenvalue weighted by molar-refractivity contribution is 7.38. The van der Waals surface area contributed by atoms with E-state index in [4.69, 9.17) is 4.52 Å². The summed E-state index contributed by atoms with van der Waals surface area (Å²) in [6.07, 6.45) is -3.80. The van der Waals surface area contributed by atoms with Gasteiger partial charge in [0.1, 0.15) is 11.4 Å². The maximum atomic E-state index is 13.7. The van der Waals surface area contributed by atoms with Crippen LogP contribution in [-0.2, 0) is 21.4 Å². The Labute approximate surface area is 201 Å². The van der Waals surface area contributed by atoms with Crippen molar-refractivity contribution in [3.63, 3.8) is 0 Å². The first-order chi connectivity index (χ1) is 16.6. The summed E-state index contributed by atoms with van der Waals surface area (Å²) in [6, 6.07) is 13.0. The molecule has 1 heterocycles. The molecule has 0 saturated heterocycles. The Morgan fingerprint density at radius 3 is 2.40 bits per heavy atom. The topological polar surface area (TPSA) is 96.4 Å². The van der Waals surface area contributed by atoms with Crippen molar-refractivity contribution in [2.24, 2.45) is 0 Å². The third kappa shape index (κ3) is 6.97. The SMILES string of the molecule is CCO[P+](=O)Cc1ccc(Nc2ncc(C(F)(F)F)c(Nc3ccccc3C(=O)N(C)C)n2)cc1. The molecule has 35 heavy (non-hydrogen) atoms. The maximum absolute atomic E-state index is 13.7. The van der Waals surface area contributed by atoms with Gasteiger partial charge in [0.2, 0.25) is 12.1 Å². The number of para-hydroxylation sites is 1. The fourth-order valence-electron chi connectivity index (χ4n) is 3.05. The van der Waals surface area contributed by atoms with E-state index in [1.807, 2.05) is 0 Å². The minimum absolute atomic E-state index is 0.0786. The molecule has 184 valence electrons. The number of anilines is 4. The zero-order chi connectivity index (χ0) is 25.6. The molecule has 1 atom stereocenters. The Hall–Kier alpha value is -3.56. The molecule has 2 N–H and O–H groups in total. The largest absolute Gasteiger partial charge is 0.512 e. The number of halogens is 3. The maximum Gasteiger partial charge on any atom is 0.512 e. The van der Waals surface area contributed by atoms with Gasteiger partial charge >= 0.3 is 14.2 Å². The first kappa shape index (κ1) is 26.1. The van der Waals surface area contributed by atoms with Gasteiger partial charge in [-0.2, -0.15) is 18.2 Å². The summed E-state index contributed by atoms with van der Waals surface area (Å²) in [6.45, 7) is 2.11. The molecule has 0 aliphatic carbocycles. The van der Waals surface area contributed by atoms with Crippen LogP contribution in [0.5, 0.6) is 0 Å². The molecule has 1 unspecified atom stereocenters. The Morgan fingerprint density at radius 1 is 1.09 bits per heavy atom. The predicted molar refractivity (Wildman–Crippen MR) is 127 cm³/mol. The summed E-state index contributed by atoms with van der Waals surface area (Å²) in [5.41, 5.74) is 0.594. The second-order valence-corrected chi connectivity index (χ2v) is 8.79. The van der Waals surface area contributed by atoms with E-state index in [0.29, 0.717) is 18.5 Å². The highest BCUT2D eigenvalue weighted by Gasteiger charge is 2.35. The zero-order valence-electron chi connectivity index (χ0n) is 19.3. The molecule has 0 spiro atoms. The second kappa shape index (κ2) is 11.2. The number of hydrogen-bond donors (Lipinski definition) is 2. The number of rotatable bonds is 9. The normalized spacial score (nSPS) is 11.7. The fourth-order valence-corrected chi connectivity index (χ4v) is 3.94. The lowest BCUT2D eigenvalue weighted by molar-refractivity contribution is -0.137. The van der Waals surface area contributed by atoms with Gasteiger partial charge < -0.3 is 15.5 Å². The molecule has 0 radical (unpaired) electrons.